The van der Waals surface area contributed by atoms with Crippen LogP contribution in [-0.2, 0) is 4.79 Å². The summed E-state index contributed by atoms with van der Waals surface area (Å²) < 4.78 is 0.624. The van der Waals surface area contributed by atoms with Gasteiger partial charge in [-0.05, 0) is 6.92 Å². The Balaban J connectivity index is 2.29. The molecule has 1 saturated heterocycles. The molecule has 1 unspecified atom stereocenters. The predicted octanol–water partition coefficient (Wildman–Crippen LogP) is 2.44. The number of hydrogen-bond donors (Lipinski definition) is 1. The van der Waals surface area contributed by atoms with Crippen LogP contribution in [0.15, 0.2) is 30.3 Å². The van der Waals surface area contributed by atoms with Crippen molar-refractivity contribution in [2.45, 2.75) is 31.8 Å². The summed E-state index contributed by atoms with van der Waals surface area (Å²) in [6, 6.07) is 10.2. The van der Waals surface area contributed by atoms with Crippen molar-refractivity contribution in [2.75, 3.05) is 13.6 Å². The summed E-state index contributed by atoms with van der Waals surface area (Å²) in [5.41, 5.74) is 1.23. The summed E-state index contributed by atoms with van der Waals surface area (Å²) in [6.07, 6.45) is 1.80. The number of carboxylic acids is 1. The second kappa shape index (κ2) is 4.49. The van der Waals surface area contributed by atoms with Crippen LogP contribution < -0.4 is 0 Å². The molecular weight excluding hydrogens is 214 g/mol. The summed E-state index contributed by atoms with van der Waals surface area (Å²) in [6.45, 7) is 3.09. The Morgan fingerprint density at radius 1 is 1.41 bits per heavy atom. The third-order valence-corrected chi connectivity index (χ3v) is 4.28. The van der Waals surface area contributed by atoms with Crippen molar-refractivity contribution in [3.8, 4) is 0 Å². The summed E-state index contributed by atoms with van der Waals surface area (Å²) in [4.78, 5) is 11.3. The lowest BCUT2D eigenvalue weighted by Crippen LogP contribution is -2.53. The first-order valence-electron chi connectivity index (χ1n) is 6.18. The highest BCUT2D eigenvalue weighted by Crippen LogP contribution is 2.36. The normalized spacial score (nSPS) is 30.1. The minimum Gasteiger partial charge on any atom is -0.477 e. The average Bonchev–Trinajstić information content (AvgIpc) is 2.73. The van der Waals surface area contributed by atoms with Gasteiger partial charge in [0.2, 0.25) is 0 Å². The van der Waals surface area contributed by atoms with Crippen molar-refractivity contribution in [3.05, 3.63) is 35.9 Å². The molecule has 1 aliphatic rings. The van der Waals surface area contributed by atoms with E-state index in [2.05, 4.69) is 26.1 Å². The number of likely N-dealkylation sites (N-methyl/N-ethyl adjacent to an activating group) is 1. The fourth-order valence-corrected chi connectivity index (χ4v) is 2.99. The van der Waals surface area contributed by atoms with E-state index in [0.717, 1.165) is 19.4 Å². The maximum Gasteiger partial charge on any atom is 0.362 e. The highest BCUT2D eigenvalue weighted by Gasteiger charge is 2.46. The average molecular weight is 234 g/mol. The largest absolute Gasteiger partial charge is 0.477 e. The van der Waals surface area contributed by atoms with Gasteiger partial charge in [0.05, 0.1) is 13.6 Å². The van der Waals surface area contributed by atoms with Crippen LogP contribution in [0.3, 0.4) is 0 Å². The molecule has 1 aromatic carbocycles. The number of aliphatic carboxylic acids is 1. The van der Waals surface area contributed by atoms with Gasteiger partial charge in [0.25, 0.3) is 0 Å². The first-order chi connectivity index (χ1) is 8.05. The molecule has 0 radical (unpaired) electrons. The molecule has 1 aliphatic heterocycles. The predicted molar refractivity (Wildman–Crippen MR) is 66.6 cm³/mol. The van der Waals surface area contributed by atoms with E-state index in [1.54, 1.807) is 0 Å². The molecule has 0 bridgehead atoms. The van der Waals surface area contributed by atoms with Crippen LogP contribution in [0.2, 0.25) is 0 Å². The number of hydrogen-bond acceptors (Lipinski definition) is 1. The van der Waals surface area contributed by atoms with E-state index in [1.807, 2.05) is 18.2 Å². The monoisotopic (exact) mass is 234 g/mol. The van der Waals surface area contributed by atoms with E-state index in [4.69, 9.17) is 0 Å². The first kappa shape index (κ1) is 12.1. The molecular formula is C14H20NO2+. The number of quaternary nitrogens is 1. The highest BCUT2D eigenvalue weighted by atomic mass is 16.4. The minimum atomic E-state index is -0.659. The zero-order chi connectivity index (χ0) is 12.5. The lowest BCUT2D eigenvalue weighted by molar-refractivity contribution is -0.941. The molecule has 1 aromatic rings. The SMILES string of the molecule is C[C@@H](c1ccccc1)[N+]1(C)CCC[C@@H]1C(=O)O. The van der Waals surface area contributed by atoms with Gasteiger partial charge >= 0.3 is 5.97 Å². The van der Waals surface area contributed by atoms with Crippen LogP contribution in [0.5, 0.6) is 0 Å². The van der Waals surface area contributed by atoms with Gasteiger partial charge in [-0.2, -0.15) is 0 Å². The molecule has 1 fully saturated rings. The molecule has 0 amide bonds. The Kier molecular flexibility index (Phi) is 3.20. The van der Waals surface area contributed by atoms with E-state index >= 15 is 0 Å². The molecule has 3 atom stereocenters. The Morgan fingerprint density at radius 2 is 2.06 bits per heavy atom. The van der Waals surface area contributed by atoms with Gasteiger partial charge in [0, 0.05) is 18.4 Å². The standard InChI is InChI=1S/C14H19NO2/c1-11(12-7-4-3-5-8-12)15(2)10-6-9-13(15)14(16)17/h3-5,7-8,11,13H,6,9-10H2,1-2H3/p+1/t11-,13+,15?/m0/s1. The van der Waals surface area contributed by atoms with Crippen molar-refractivity contribution in [1.29, 1.82) is 0 Å². The molecule has 0 saturated carbocycles. The van der Waals surface area contributed by atoms with Crippen LogP contribution >= 0.6 is 0 Å². The van der Waals surface area contributed by atoms with Crippen molar-refractivity contribution >= 4 is 5.97 Å². The van der Waals surface area contributed by atoms with Gasteiger partial charge in [-0.1, -0.05) is 30.3 Å². The van der Waals surface area contributed by atoms with Gasteiger partial charge in [-0.3, -0.25) is 0 Å². The number of carboxylic acid groups (broad SMARTS) is 1. The highest BCUT2D eigenvalue weighted by molar-refractivity contribution is 5.72. The lowest BCUT2D eigenvalue weighted by Gasteiger charge is -2.39. The summed E-state index contributed by atoms with van der Waals surface area (Å²) >= 11 is 0. The van der Waals surface area contributed by atoms with E-state index < -0.39 is 5.97 Å². The third-order valence-electron chi connectivity index (χ3n) is 4.28. The van der Waals surface area contributed by atoms with Gasteiger partial charge in [0.15, 0.2) is 6.04 Å². The number of likely N-dealkylation sites (tertiary alicyclic amines) is 1. The van der Waals surface area contributed by atoms with Crippen LogP contribution in [0.25, 0.3) is 0 Å². The van der Waals surface area contributed by atoms with Crippen molar-refractivity contribution in [3.63, 3.8) is 0 Å². The zero-order valence-electron chi connectivity index (χ0n) is 10.5. The van der Waals surface area contributed by atoms with Crippen molar-refractivity contribution in [2.24, 2.45) is 0 Å². The van der Waals surface area contributed by atoms with Gasteiger partial charge in [-0.15, -0.1) is 0 Å². The summed E-state index contributed by atoms with van der Waals surface area (Å²) in [5.74, 6) is -0.659. The van der Waals surface area contributed by atoms with Crippen LogP contribution in [0.1, 0.15) is 31.4 Å². The number of carbonyl (C=O) groups is 1. The van der Waals surface area contributed by atoms with Gasteiger partial charge < -0.3 is 9.59 Å². The van der Waals surface area contributed by atoms with Crippen molar-refractivity contribution in [1.82, 2.24) is 0 Å². The number of rotatable bonds is 3. The lowest BCUT2D eigenvalue weighted by atomic mass is 10.0. The Hall–Kier alpha value is -1.35. The molecule has 3 heteroatoms. The fourth-order valence-electron chi connectivity index (χ4n) is 2.99. The maximum atomic E-state index is 11.3. The van der Waals surface area contributed by atoms with Crippen LogP contribution in [0.4, 0.5) is 0 Å². The number of benzene rings is 1. The van der Waals surface area contributed by atoms with E-state index in [9.17, 15) is 9.90 Å². The Labute approximate surface area is 102 Å². The Morgan fingerprint density at radius 3 is 2.65 bits per heavy atom. The summed E-state index contributed by atoms with van der Waals surface area (Å²) in [5, 5.41) is 9.33. The molecule has 17 heavy (non-hydrogen) atoms. The molecule has 0 aromatic heterocycles. The van der Waals surface area contributed by atoms with Crippen LogP contribution in [-0.4, -0.2) is 35.2 Å². The molecule has 92 valence electrons. The number of nitrogens with zero attached hydrogens (tertiary/aromatic N) is 1. The smallest absolute Gasteiger partial charge is 0.362 e. The minimum absolute atomic E-state index is 0.236. The molecule has 0 aliphatic carbocycles. The zero-order valence-corrected chi connectivity index (χ0v) is 10.5. The first-order valence-corrected chi connectivity index (χ1v) is 6.18. The summed E-state index contributed by atoms with van der Waals surface area (Å²) in [7, 11) is 2.07. The topological polar surface area (TPSA) is 37.3 Å². The van der Waals surface area contributed by atoms with Crippen molar-refractivity contribution < 1.29 is 14.4 Å². The van der Waals surface area contributed by atoms with E-state index in [1.165, 1.54) is 5.56 Å². The second-order valence-electron chi connectivity index (χ2n) is 5.15. The molecule has 2 rings (SSSR count). The molecule has 1 N–H and O–H groups in total. The fraction of sp³-hybridized carbons (Fsp3) is 0.500. The van der Waals surface area contributed by atoms with E-state index in [0.29, 0.717) is 4.48 Å². The van der Waals surface area contributed by atoms with E-state index in [-0.39, 0.29) is 12.1 Å². The second-order valence-corrected chi connectivity index (χ2v) is 5.15. The quantitative estimate of drug-likeness (QED) is 0.816. The molecule has 3 nitrogen and oxygen atoms in total. The molecule has 1 heterocycles. The molecule has 0 spiro atoms. The van der Waals surface area contributed by atoms with Crippen LogP contribution in [0, 0.1) is 0 Å². The van der Waals surface area contributed by atoms with Gasteiger partial charge in [-0.25, -0.2) is 4.79 Å². The maximum absolute atomic E-state index is 11.3. The van der Waals surface area contributed by atoms with Gasteiger partial charge in [0.1, 0.15) is 6.04 Å². The third kappa shape index (κ3) is 2.07. The Bertz CT molecular complexity index is 404.